The van der Waals surface area contributed by atoms with Crippen molar-refractivity contribution in [2.45, 2.75) is 52.5 Å². The van der Waals surface area contributed by atoms with E-state index >= 15 is 0 Å². The van der Waals surface area contributed by atoms with Gasteiger partial charge in [-0.15, -0.1) is 24.0 Å². The van der Waals surface area contributed by atoms with Crippen molar-refractivity contribution in [3.63, 3.8) is 0 Å². The summed E-state index contributed by atoms with van der Waals surface area (Å²) in [6.45, 7) is 10.5. The summed E-state index contributed by atoms with van der Waals surface area (Å²) in [7, 11) is 4.02. The fourth-order valence-electron chi connectivity index (χ4n) is 3.35. The number of nitrogens with one attached hydrogen (secondary N) is 1. The average molecular weight is 490 g/mol. The molecule has 1 aromatic rings. The number of hydrogen-bond donors (Lipinski definition) is 1. The first kappa shape index (κ1) is 23.7. The molecule has 0 aliphatic carbocycles. The maximum atomic E-state index is 11.7. The predicted octanol–water partition coefficient (Wildman–Crippen LogP) is 2.57. The summed E-state index contributed by atoms with van der Waals surface area (Å²) in [5.41, 5.74) is 2.38. The first-order valence-corrected chi connectivity index (χ1v) is 9.72. The molecule has 1 N–H and O–H groups in total. The lowest BCUT2D eigenvalue weighted by atomic mass is 10.1. The zero-order chi connectivity index (χ0) is 19.1. The number of hydrogen-bond acceptors (Lipinski definition) is 3. The number of carbonyl (C=O) groups excluding carboxylic acids is 1. The highest BCUT2D eigenvalue weighted by molar-refractivity contribution is 14.0. The van der Waals surface area contributed by atoms with Crippen molar-refractivity contribution in [1.29, 1.82) is 0 Å². The number of rotatable bonds is 8. The third kappa shape index (κ3) is 6.97. The molecule has 0 radical (unpaired) electrons. The van der Waals surface area contributed by atoms with E-state index in [-0.39, 0.29) is 29.9 Å². The SMILES string of the molecule is CCNC(=NCCCN1CCCC1=O)N(C)Cc1cn(C)nc1C(C)C.I. The molecule has 27 heavy (non-hydrogen) atoms. The van der Waals surface area contributed by atoms with Crippen molar-refractivity contribution in [3.8, 4) is 0 Å². The highest BCUT2D eigenvalue weighted by atomic mass is 127. The van der Waals surface area contributed by atoms with Crippen LogP contribution in [0.4, 0.5) is 0 Å². The molecule has 1 aliphatic rings. The second kappa shape index (κ2) is 11.5. The van der Waals surface area contributed by atoms with E-state index in [9.17, 15) is 4.79 Å². The van der Waals surface area contributed by atoms with Crippen LogP contribution >= 0.6 is 24.0 Å². The van der Waals surface area contributed by atoms with E-state index < -0.39 is 0 Å². The summed E-state index contributed by atoms with van der Waals surface area (Å²) in [5, 5.41) is 7.95. The smallest absolute Gasteiger partial charge is 0.222 e. The van der Waals surface area contributed by atoms with Gasteiger partial charge in [0, 0.05) is 65.0 Å². The predicted molar refractivity (Wildman–Crippen MR) is 121 cm³/mol. The first-order chi connectivity index (χ1) is 12.4. The third-order valence-corrected chi connectivity index (χ3v) is 4.61. The van der Waals surface area contributed by atoms with Gasteiger partial charge in [0.15, 0.2) is 5.96 Å². The van der Waals surface area contributed by atoms with Crippen LogP contribution in [0.25, 0.3) is 0 Å². The lowest BCUT2D eigenvalue weighted by molar-refractivity contribution is -0.127. The van der Waals surface area contributed by atoms with Crippen molar-refractivity contribution in [3.05, 3.63) is 17.5 Å². The first-order valence-electron chi connectivity index (χ1n) is 9.72. The molecule has 8 heteroatoms. The van der Waals surface area contributed by atoms with Crippen LogP contribution in [0.3, 0.4) is 0 Å². The molecular weight excluding hydrogens is 455 g/mol. The Bertz CT molecular complexity index is 628. The lowest BCUT2D eigenvalue weighted by Gasteiger charge is -2.22. The molecule has 2 heterocycles. The van der Waals surface area contributed by atoms with Crippen LogP contribution in [0.1, 0.15) is 57.2 Å². The van der Waals surface area contributed by atoms with Gasteiger partial charge in [0.2, 0.25) is 5.91 Å². The molecule has 0 atom stereocenters. The summed E-state index contributed by atoms with van der Waals surface area (Å²) >= 11 is 0. The number of guanidine groups is 1. The molecule has 0 bridgehead atoms. The van der Waals surface area contributed by atoms with Gasteiger partial charge in [-0.3, -0.25) is 14.5 Å². The van der Waals surface area contributed by atoms with Crippen molar-refractivity contribution in [1.82, 2.24) is 24.9 Å². The van der Waals surface area contributed by atoms with Crippen LogP contribution in [0.15, 0.2) is 11.2 Å². The number of nitrogens with zero attached hydrogens (tertiary/aromatic N) is 5. The Kier molecular flexibility index (Phi) is 10.1. The van der Waals surface area contributed by atoms with E-state index in [1.54, 1.807) is 0 Å². The Balaban J connectivity index is 0.00000364. The number of aromatic nitrogens is 2. The molecule has 1 aliphatic heterocycles. The largest absolute Gasteiger partial charge is 0.357 e. The Morgan fingerprint density at radius 1 is 1.44 bits per heavy atom. The number of amides is 1. The molecule has 7 nitrogen and oxygen atoms in total. The van der Waals surface area contributed by atoms with E-state index in [0.717, 1.165) is 57.2 Å². The highest BCUT2D eigenvalue weighted by Gasteiger charge is 2.19. The van der Waals surface area contributed by atoms with Crippen molar-refractivity contribution in [2.24, 2.45) is 12.0 Å². The molecule has 2 rings (SSSR count). The molecule has 1 saturated heterocycles. The van der Waals surface area contributed by atoms with E-state index in [2.05, 4.69) is 49.3 Å². The minimum atomic E-state index is 0. The highest BCUT2D eigenvalue weighted by Crippen LogP contribution is 2.18. The number of likely N-dealkylation sites (tertiary alicyclic amines) is 1. The minimum Gasteiger partial charge on any atom is -0.357 e. The summed E-state index contributed by atoms with van der Waals surface area (Å²) in [4.78, 5) is 20.5. The number of aliphatic imine (C=N–C) groups is 1. The molecule has 1 fully saturated rings. The van der Waals surface area contributed by atoms with Gasteiger partial charge in [-0.05, 0) is 25.7 Å². The molecule has 1 aromatic heterocycles. The fourth-order valence-corrected chi connectivity index (χ4v) is 3.35. The summed E-state index contributed by atoms with van der Waals surface area (Å²) in [5.74, 6) is 1.59. The minimum absolute atomic E-state index is 0. The van der Waals surface area contributed by atoms with Crippen LogP contribution < -0.4 is 5.32 Å². The van der Waals surface area contributed by atoms with Gasteiger partial charge in [0.25, 0.3) is 0 Å². The van der Waals surface area contributed by atoms with Crippen molar-refractivity contribution < 1.29 is 4.79 Å². The van der Waals surface area contributed by atoms with Gasteiger partial charge in [0.1, 0.15) is 0 Å². The van der Waals surface area contributed by atoms with Crippen molar-refractivity contribution >= 4 is 35.8 Å². The quantitative estimate of drug-likeness (QED) is 0.263. The van der Waals surface area contributed by atoms with Gasteiger partial charge < -0.3 is 15.1 Å². The number of halogens is 1. The van der Waals surface area contributed by atoms with Gasteiger partial charge in [-0.1, -0.05) is 13.8 Å². The fraction of sp³-hybridized carbons (Fsp3) is 0.737. The third-order valence-electron chi connectivity index (χ3n) is 4.61. The maximum Gasteiger partial charge on any atom is 0.222 e. The molecule has 0 unspecified atom stereocenters. The second-order valence-electron chi connectivity index (χ2n) is 7.30. The van der Waals surface area contributed by atoms with Gasteiger partial charge in [0.05, 0.1) is 5.69 Å². The van der Waals surface area contributed by atoms with E-state index in [4.69, 9.17) is 4.99 Å². The monoisotopic (exact) mass is 490 g/mol. The molecule has 0 spiro atoms. The molecule has 154 valence electrons. The average Bonchev–Trinajstić information content (AvgIpc) is 3.16. The lowest BCUT2D eigenvalue weighted by Crippen LogP contribution is -2.38. The molecule has 0 aromatic carbocycles. The Hall–Kier alpha value is -1.32. The molecule has 0 saturated carbocycles. The van der Waals surface area contributed by atoms with Crippen LogP contribution in [0, 0.1) is 0 Å². The van der Waals surface area contributed by atoms with Crippen molar-refractivity contribution in [2.75, 3.05) is 33.2 Å². The standard InChI is InChI=1S/C19H34N6O.HI/c1-6-20-19(21-10-8-12-25-11-7-9-17(25)26)23(4)13-16-14-24(5)22-18(16)15(2)3;/h14-15H,6-13H2,1-5H3,(H,20,21);1H. The number of aryl methyl sites for hydroxylation is 1. The van der Waals surface area contributed by atoms with Crippen LogP contribution in [0.5, 0.6) is 0 Å². The van der Waals surface area contributed by atoms with Gasteiger partial charge in [-0.2, -0.15) is 5.10 Å². The summed E-state index contributed by atoms with van der Waals surface area (Å²) in [6.07, 6.45) is 4.70. The van der Waals surface area contributed by atoms with Crippen LogP contribution in [0.2, 0.25) is 0 Å². The zero-order valence-corrected chi connectivity index (χ0v) is 19.7. The van der Waals surface area contributed by atoms with E-state index in [1.165, 1.54) is 5.56 Å². The summed E-state index contributed by atoms with van der Waals surface area (Å²) < 4.78 is 1.88. The Labute approximate surface area is 180 Å². The Morgan fingerprint density at radius 3 is 2.78 bits per heavy atom. The molecule has 1 amide bonds. The van der Waals surface area contributed by atoms with E-state index in [1.807, 2.05) is 16.6 Å². The maximum absolute atomic E-state index is 11.7. The normalized spacial score (nSPS) is 14.7. The second-order valence-corrected chi connectivity index (χ2v) is 7.30. The van der Waals surface area contributed by atoms with E-state index in [0.29, 0.717) is 12.3 Å². The van der Waals surface area contributed by atoms with Gasteiger partial charge >= 0.3 is 0 Å². The van der Waals surface area contributed by atoms with Crippen LogP contribution in [-0.4, -0.2) is 64.7 Å². The molecular formula is C19H35IN6O. The summed E-state index contributed by atoms with van der Waals surface area (Å²) in [6, 6.07) is 0. The van der Waals surface area contributed by atoms with Gasteiger partial charge in [-0.25, -0.2) is 0 Å². The number of carbonyl (C=O) groups is 1. The van der Waals surface area contributed by atoms with Crippen LogP contribution in [-0.2, 0) is 18.4 Å². The Morgan fingerprint density at radius 2 is 2.19 bits per heavy atom. The topological polar surface area (TPSA) is 65.8 Å². The zero-order valence-electron chi connectivity index (χ0n) is 17.4.